The molecule has 0 radical (unpaired) electrons. The number of benzene rings is 3. The minimum Gasteiger partial charge on any atom is -0.490 e. The van der Waals surface area contributed by atoms with E-state index in [0.717, 1.165) is 15.6 Å². The maximum Gasteiger partial charge on any atom is 0.276 e. The Kier molecular flexibility index (Phi) is 7.84. The smallest absolute Gasteiger partial charge is 0.276 e. The molecule has 0 aliphatic heterocycles. The molecular formula is C24H21BrN2O4. The number of rotatable bonds is 8. The standard InChI is InChI=1S/C24H21BrN2O4/c1-2-14-30-20-11-8-18(9-12-20)24(29)27-26-23(28)16-31-22-13-10-19(15-21(22)25)17-6-4-3-5-7-17/h2-13,15H,1,14,16H2,(H,26,28)(H,27,29). The van der Waals surface area contributed by atoms with Gasteiger partial charge in [-0.3, -0.25) is 20.4 Å². The van der Waals surface area contributed by atoms with Crippen LogP contribution in [0, 0.1) is 0 Å². The predicted molar refractivity (Wildman–Crippen MR) is 123 cm³/mol. The molecule has 0 aliphatic rings. The molecular weight excluding hydrogens is 460 g/mol. The SMILES string of the molecule is C=CCOc1ccc(C(=O)NNC(=O)COc2ccc(-c3ccccc3)cc2Br)cc1. The Morgan fingerprint density at radius 1 is 0.903 bits per heavy atom. The molecule has 3 rings (SSSR count). The van der Waals surface area contributed by atoms with Crippen LogP contribution in [-0.4, -0.2) is 25.0 Å². The fourth-order valence-corrected chi connectivity index (χ4v) is 3.16. The van der Waals surface area contributed by atoms with Crippen LogP contribution in [-0.2, 0) is 4.79 Å². The first kappa shape index (κ1) is 22.1. The van der Waals surface area contributed by atoms with Crippen LogP contribution in [0.15, 0.2) is 89.9 Å². The number of halogens is 1. The molecule has 0 bridgehead atoms. The van der Waals surface area contributed by atoms with Gasteiger partial charge in [0.1, 0.15) is 18.1 Å². The molecule has 31 heavy (non-hydrogen) atoms. The average molecular weight is 481 g/mol. The maximum atomic E-state index is 12.1. The molecule has 0 fully saturated rings. The molecule has 0 saturated heterocycles. The highest BCUT2D eigenvalue weighted by molar-refractivity contribution is 9.10. The number of carbonyl (C=O) groups is 2. The Hall–Kier alpha value is -3.58. The molecule has 0 atom stereocenters. The van der Waals surface area contributed by atoms with Crippen molar-refractivity contribution in [2.75, 3.05) is 13.2 Å². The Balaban J connectivity index is 1.48. The minimum atomic E-state index is -0.488. The fourth-order valence-electron chi connectivity index (χ4n) is 2.66. The lowest BCUT2D eigenvalue weighted by atomic mass is 10.1. The normalized spacial score (nSPS) is 10.1. The zero-order valence-corrected chi connectivity index (χ0v) is 18.2. The van der Waals surface area contributed by atoms with E-state index >= 15 is 0 Å². The highest BCUT2D eigenvalue weighted by Crippen LogP contribution is 2.30. The van der Waals surface area contributed by atoms with Crippen LogP contribution in [0.4, 0.5) is 0 Å². The van der Waals surface area contributed by atoms with Gasteiger partial charge in [0.05, 0.1) is 4.47 Å². The molecule has 3 aromatic carbocycles. The summed E-state index contributed by atoms with van der Waals surface area (Å²) >= 11 is 3.47. The Morgan fingerprint density at radius 3 is 2.32 bits per heavy atom. The van der Waals surface area contributed by atoms with E-state index in [1.165, 1.54) is 0 Å². The second-order valence-electron chi connectivity index (χ2n) is 6.43. The number of hydrazine groups is 1. The number of amides is 2. The first-order valence-corrected chi connectivity index (χ1v) is 10.3. The van der Waals surface area contributed by atoms with Crippen LogP contribution < -0.4 is 20.3 Å². The third-order valence-electron chi connectivity index (χ3n) is 4.20. The van der Waals surface area contributed by atoms with E-state index in [2.05, 4.69) is 33.4 Å². The summed E-state index contributed by atoms with van der Waals surface area (Å²) < 4.78 is 11.6. The molecule has 0 spiro atoms. The molecule has 2 N–H and O–H groups in total. The lowest BCUT2D eigenvalue weighted by molar-refractivity contribution is -0.123. The van der Waals surface area contributed by atoms with Crippen molar-refractivity contribution in [2.24, 2.45) is 0 Å². The van der Waals surface area contributed by atoms with Crippen molar-refractivity contribution in [3.05, 3.63) is 95.5 Å². The Labute approximate surface area is 189 Å². The zero-order chi connectivity index (χ0) is 22.1. The molecule has 0 unspecified atom stereocenters. The fraction of sp³-hybridized carbons (Fsp3) is 0.0833. The van der Waals surface area contributed by atoms with Gasteiger partial charge in [-0.05, 0) is 63.5 Å². The van der Waals surface area contributed by atoms with E-state index in [4.69, 9.17) is 9.47 Å². The van der Waals surface area contributed by atoms with Crippen molar-refractivity contribution in [1.82, 2.24) is 10.9 Å². The monoisotopic (exact) mass is 480 g/mol. The van der Waals surface area contributed by atoms with Crippen molar-refractivity contribution in [3.8, 4) is 22.6 Å². The molecule has 0 aliphatic carbocycles. The predicted octanol–water partition coefficient (Wildman–Crippen LogP) is 4.52. The maximum absolute atomic E-state index is 12.1. The largest absolute Gasteiger partial charge is 0.490 e. The number of ether oxygens (including phenoxy) is 2. The first-order chi connectivity index (χ1) is 15.1. The van der Waals surface area contributed by atoms with E-state index in [1.807, 2.05) is 42.5 Å². The van der Waals surface area contributed by atoms with Gasteiger partial charge in [0.2, 0.25) is 0 Å². The summed E-state index contributed by atoms with van der Waals surface area (Å²) in [5.74, 6) is 0.212. The second kappa shape index (κ2) is 11.0. The number of hydrogen-bond donors (Lipinski definition) is 2. The molecule has 0 saturated carbocycles. The summed E-state index contributed by atoms with van der Waals surface area (Å²) in [4.78, 5) is 24.2. The van der Waals surface area contributed by atoms with Gasteiger partial charge in [-0.2, -0.15) is 0 Å². The summed E-state index contributed by atoms with van der Waals surface area (Å²) in [5.41, 5.74) is 7.17. The van der Waals surface area contributed by atoms with Crippen LogP contribution in [0.5, 0.6) is 11.5 Å². The Bertz CT molecular complexity index is 1050. The number of hydrogen-bond acceptors (Lipinski definition) is 4. The lowest BCUT2D eigenvalue weighted by Gasteiger charge is -2.11. The summed E-state index contributed by atoms with van der Waals surface area (Å²) in [6, 6.07) is 22.1. The molecule has 0 heterocycles. The van der Waals surface area contributed by atoms with Gasteiger partial charge < -0.3 is 9.47 Å². The quantitative estimate of drug-likeness (QED) is 0.367. The van der Waals surface area contributed by atoms with Crippen molar-refractivity contribution in [3.63, 3.8) is 0 Å². The molecule has 7 heteroatoms. The van der Waals surface area contributed by atoms with Crippen LogP contribution in [0.3, 0.4) is 0 Å². The van der Waals surface area contributed by atoms with Crippen molar-refractivity contribution in [2.45, 2.75) is 0 Å². The number of nitrogens with one attached hydrogen (secondary N) is 2. The second-order valence-corrected chi connectivity index (χ2v) is 7.28. The van der Waals surface area contributed by atoms with Crippen molar-refractivity contribution < 1.29 is 19.1 Å². The molecule has 6 nitrogen and oxygen atoms in total. The van der Waals surface area contributed by atoms with E-state index < -0.39 is 11.8 Å². The highest BCUT2D eigenvalue weighted by atomic mass is 79.9. The third-order valence-corrected chi connectivity index (χ3v) is 4.82. The van der Waals surface area contributed by atoms with E-state index in [1.54, 1.807) is 36.4 Å². The zero-order valence-electron chi connectivity index (χ0n) is 16.6. The Morgan fingerprint density at radius 2 is 1.65 bits per heavy atom. The lowest BCUT2D eigenvalue weighted by Crippen LogP contribution is -2.43. The van der Waals surface area contributed by atoms with Gasteiger partial charge in [0.25, 0.3) is 11.8 Å². The minimum absolute atomic E-state index is 0.252. The van der Waals surface area contributed by atoms with Crippen molar-refractivity contribution >= 4 is 27.7 Å². The number of carbonyl (C=O) groups excluding carboxylic acids is 2. The highest BCUT2D eigenvalue weighted by Gasteiger charge is 2.10. The van der Waals surface area contributed by atoms with Crippen LogP contribution in [0.25, 0.3) is 11.1 Å². The molecule has 2 amide bonds. The van der Waals surface area contributed by atoms with Crippen LogP contribution in [0.1, 0.15) is 10.4 Å². The van der Waals surface area contributed by atoms with Gasteiger partial charge in [-0.1, -0.05) is 49.1 Å². The van der Waals surface area contributed by atoms with Gasteiger partial charge in [-0.25, -0.2) is 0 Å². The average Bonchev–Trinajstić information content (AvgIpc) is 2.81. The van der Waals surface area contributed by atoms with Gasteiger partial charge >= 0.3 is 0 Å². The summed E-state index contributed by atoms with van der Waals surface area (Å²) in [5, 5.41) is 0. The molecule has 0 aromatic heterocycles. The molecule has 158 valence electrons. The van der Waals surface area contributed by atoms with Gasteiger partial charge in [-0.15, -0.1) is 0 Å². The van der Waals surface area contributed by atoms with E-state index in [9.17, 15) is 9.59 Å². The van der Waals surface area contributed by atoms with Crippen LogP contribution in [0.2, 0.25) is 0 Å². The summed E-state index contributed by atoms with van der Waals surface area (Å²) in [7, 11) is 0. The summed E-state index contributed by atoms with van der Waals surface area (Å²) in [6.07, 6.45) is 1.63. The van der Waals surface area contributed by atoms with E-state index in [0.29, 0.717) is 23.7 Å². The summed E-state index contributed by atoms with van der Waals surface area (Å²) in [6.45, 7) is 3.71. The first-order valence-electron chi connectivity index (χ1n) is 9.47. The third kappa shape index (κ3) is 6.45. The van der Waals surface area contributed by atoms with E-state index in [-0.39, 0.29) is 6.61 Å². The molecule has 3 aromatic rings. The topological polar surface area (TPSA) is 76.7 Å². The van der Waals surface area contributed by atoms with Gasteiger partial charge in [0, 0.05) is 5.56 Å². The van der Waals surface area contributed by atoms with Gasteiger partial charge in [0.15, 0.2) is 6.61 Å². The van der Waals surface area contributed by atoms with Crippen molar-refractivity contribution in [1.29, 1.82) is 0 Å². The van der Waals surface area contributed by atoms with Crippen LogP contribution >= 0.6 is 15.9 Å².